The number of hydrogen-bond acceptors (Lipinski definition) is 6. The summed E-state index contributed by atoms with van der Waals surface area (Å²) in [6.07, 6.45) is 3.31. The molecule has 0 saturated carbocycles. The van der Waals surface area contributed by atoms with Crippen molar-refractivity contribution in [2.45, 2.75) is 12.5 Å². The van der Waals surface area contributed by atoms with Gasteiger partial charge in [0.1, 0.15) is 5.54 Å². The molecule has 7 nitrogen and oxygen atoms in total. The highest BCUT2D eigenvalue weighted by Gasteiger charge is 2.31. The summed E-state index contributed by atoms with van der Waals surface area (Å²) in [7, 11) is 0. The number of rotatable bonds is 7. The van der Waals surface area contributed by atoms with Gasteiger partial charge in [0.05, 0.1) is 17.8 Å². The minimum absolute atomic E-state index is 0.0903. The molecule has 2 aromatic heterocycles. The fourth-order valence-electron chi connectivity index (χ4n) is 3.59. The molecule has 7 heteroatoms. The van der Waals surface area contributed by atoms with Crippen LogP contribution in [-0.4, -0.2) is 34.1 Å². The van der Waals surface area contributed by atoms with Crippen LogP contribution in [0.2, 0.25) is 0 Å². The summed E-state index contributed by atoms with van der Waals surface area (Å²) in [5, 5.41) is 12.8. The second-order valence-electron chi connectivity index (χ2n) is 7.82. The lowest BCUT2D eigenvalue weighted by molar-refractivity contribution is -0.122. The molecule has 0 saturated heterocycles. The molecular formula is C25H25N5O2. The summed E-state index contributed by atoms with van der Waals surface area (Å²) in [5.41, 5.74) is 16.5. The zero-order valence-corrected chi connectivity index (χ0v) is 17.7. The van der Waals surface area contributed by atoms with E-state index in [1.165, 1.54) is 0 Å². The molecule has 4 aromatic rings. The summed E-state index contributed by atoms with van der Waals surface area (Å²) < 4.78 is 0. The Kier molecular flexibility index (Phi) is 5.85. The van der Waals surface area contributed by atoms with Crippen LogP contribution in [-0.2, 0) is 10.3 Å². The van der Waals surface area contributed by atoms with E-state index in [9.17, 15) is 4.79 Å². The van der Waals surface area contributed by atoms with Gasteiger partial charge in [0.15, 0.2) is 0 Å². The lowest BCUT2D eigenvalue weighted by atomic mass is 9.89. The van der Waals surface area contributed by atoms with E-state index in [1.807, 2.05) is 54.6 Å². The van der Waals surface area contributed by atoms with Crippen LogP contribution in [0.25, 0.3) is 33.3 Å². The van der Waals surface area contributed by atoms with E-state index >= 15 is 0 Å². The van der Waals surface area contributed by atoms with Crippen molar-refractivity contribution < 1.29 is 9.90 Å². The number of carbonyl (C=O) groups is 1. The molecule has 0 radical (unpaired) electrons. The second-order valence-corrected chi connectivity index (χ2v) is 7.82. The van der Waals surface area contributed by atoms with Gasteiger partial charge >= 0.3 is 0 Å². The number of anilines is 1. The summed E-state index contributed by atoms with van der Waals surface area (Å²) >= 11 is 0. The highest BCUT2D eigenvalue weighted by molar-refractivity contribution is 5.94. The quantitative estimate of drug-likeness (QED) is 0.359. The van der Waals surface area contributed by atoms with Crippen LogP contribution in [0.4, 0.5) is 5.69 Å². The average molecular weight is 428 g/mol. The number of aliphatic hydroxyl groups excluding tert-OH is 1. The Morgan fingerprint density at radius 3 is 2.28 bits per heavy atom. The molecule has 162 valence electrons. The first-order chi connectivity index (χ1) is 15.4. The highest BCUT2D eigenvalue weighted by atomic mass is 16.3. The minimum atomic E-state index is -1.36. The van der Waals surface area contributed by atoms with Gasteiger partial charge in [-0.3, -0.25) is 9.78 Å². The third kappa shape index (κ3) is 4.16. The number of carbonyl (C=O) groups excluding carboxylic acids is 1. The predicted molar refractivity (Wildman–Crippen MR) is 127 cm³/mol. The number of benzene rings is 2. The average Bonchev–Trinajstić information content (AvgIpc) is 2.82. The van der Waals surface area contributed by atoms with Gasteiger partial charge in [0.2, 0.25) is 5.91 Å². The van der Waals surface area contributed by atoms with Crippen LogP contribution >= 0.6 is 0 Å². The van der Waals surface area contributed by atoms with Crippen LogP contribution in [0.15, 0.2) is 73.1 Å². The molecule has 0 aliphatic carbocycles. The molecule has 1 atom stereocenters. The molecule has 0 bridgehead atoms. The van der Waals surface area contributed by atoms with Gasteiger partial charge in [0.25, 0.3) is 0 Å². The van der Waals surface area contributed by atoms with Crippen molar-refractivity contribution in [3.05, 3.63) is 78.6 Å². The first-order valence-corrected chi connectivity index (χ1v) is 10.3. The zero-order valence-electron chi connectivity index (χ0n) is 17.7. The van der Waals surface area contributed by atoms with Crippen molar-refractivity contribution in [2.24, 2.45) is 11.5 Å². The summed E-state index contributed by atoms with van der Waals surface area (Å²) in [4.78, 5) is 20.9. The van der Waals surface area contributed by atoms with Crippen molar-refractivity contribution in [3.63, 3.8) is 0 Å². The standard InChI is InChI=1S/C25H25N5O2/c1-25(27,24(26)32)21-14-23(30-22-10-11-28-15-20(21)22)18-4-2-16(3-5-18)17-6-8-19(9-7-17)29-12-13-31/h2-11,14-15,29,31H,12-13,27H2,1H3,(H2,26,32). The molecule has 2 heterocycles. The van der Waals surface area contributed by atoms with Gasteiger partial charge in [-0.25, -0.2) is 4.98 Å². The van der Waals surface area contributed by atoms with E-state index in [2.05, 4.69) is 10.3 Å². The topological polar surface area (TPSA) is 127 Å². The molecule has 2 aromatic carbocycles. The van der Waals surface area contributed by atoms with Crippen molar-refractivity contribution in [2.75, 3.05) is 18.5 Å². The van der Waals surface area contributed by atoms with Gasteiger partial charge in [-0.1, -0.05) is 36.4 Å². The van der Waals surface area contributed by atoms with Gasteiger partial charge < -0.3 is 21.9 Å². The lowest BCUT2D eigenvalue weighted by Gasteiger charge is -2.23. The molecule has 32 heavy (non-hydrogen) atoms. The van der Waals surface area contributed by atoms with Crippen LogP contribution in [0, 0.1) is 0 Å². The maximum Gasteiger partial charge on any atom is 0.241 e. The Balaban J connectivity index is 1.70. The van der Waals surface area contributed by atoms with Crippen LogP contribution in [0.3, 0.4) is 0 Å². The molecule has 0 fully saturated rings. The van der Waals surface area contributed by atoms with Gasteiger partial charge in [-0.2, -0.15) is 0 Å². The van der Waals surface area contributed by atoms with Crippen LogP contribution in [0.5, 0.6) is 0 Å². The molecule has 0 aliphatic rings. The number of nitrogens with zero attached hydrogens (tertiary/aromatic N) is 2. The van der Waals surface area contributed by atoms with E-state index < -0.39 is 11.4 Å². The summed E-state index contributed by atoms with van der Waals surface area (Å²) in [5.74, 6) is -0.618. The summed E-state index contributed by atoms with van der Waals surface area (Å²) in [6.45, 7) is 2.21. The Morgan fingerprint density at radius 1 is 1.03 bits per heavy atom. The Labute approximate surface area is 186 Å². The normalized spacial score (nSPS) is 13.0. The molecule has 4 rings (SSSR count). The molecular weight excluding hydrogens is 402 g/mol. The minimum Gasteiger partial charge on any atom is -0.395 e. The molecule has 0 aliphatic heterocycles. The van der Waals surface area contributed by atoms with Crippen molar-refractivity contribution in [3.8, 4) is 22.4 Å². The summed E-state index contributed by atoms with van der Waals surface area (Å²) in [6, 6.07) is 19.7. The number of aromatic nitrogens is 2. The smallest absolute Gasteiger partial charge is 0.241 e. The Bertz CT molecular complexity index is 1250. The monoisotopic (exact) mass is 427 g/mol. The number of primary amides is 1. The van der Waals surface area contributed by atoms with Gasteiger partial charge in [-0.05, 0) is 47.9 Å². The van der Waals surface area contributed by atoms with E-state index in [1.54, 1.807) is 25.4 Å². The Morgan fingerprint density at radius 2 is 1.66 bits per heavy atom. The van der Waals surface area contributed by atoms with E-state index in [4.69, 9.17) is 21.6 Å². The molecule has 6 N–H and O–H groups in total. The third-order valence-electron chi connectivity index (χ3n) is 5.52. The number of aliphatic hydroxyl groups is 1. The maximum absolute atomic E-state index is 12.0. The van der Waals surface area contributed by atoms with Crippen LogP contribution in [0.1, 0.15) is 12.5 Å². The Hall–Kier alpha value is -3.81. The van der Waals surface area contributed by atoms with Crippen molar-refractivity contribution in [1.82, 2.24) is 9.97 Å². The predicted octanol–water partition coefficient (Wildman–Crippen LogP) is 3.03. The van der Waals surface area contributed by atoms with Crippen LogP contribution < -0.4 is 16.8 Å². The molecule has 1 unspecified atom stereocenters. The number of amides is 1. The number of hydrogen-bond donors (Lipinski definition) is 4. The van der Waals surface area contributed by atoms with Crippen molar-refractivity contribution in [1.29, 1.82) is 0 Å². The molecule has 0 spiro atoms. The van der Waals surface area contributed by atoms with Gasteiger partial charge in [0, 0.05) is 35.6 Å². The fraction of sp³-hybridized carbons (Fsp3) is 0.160. The number of nitrogens with two attached hydrogens (primary N) is 2. The van der Waals surface area contributed by atoms with E-state index in [-0.39, 0.29) is 6.61 Å². The number of fused-ring (bicyclic) bond motifs is 1. The largest absolute Gasteiger partial charge is 0.395 e. The third-order valence-corrected chi connectivity index (χ3v) is 5.52. The first-order valence-electron chi connectivity index (χ1n) is 10.3. The first kappa shape index (κ1) is 21.4. The lowest BCUT2D eigenvalue weighted by Crippen LogP contribution is -2.46. The second kappa shape index (κ2) is 8.74. The SMILES string of the molecule is CC(N)(C(N)=O)c1cc(-c2ccc(-c3ccc(NCCO)cc3)cc2)nc2ccncc12. The van der Waals surface area contributed by atoms with Crippen molar-refractivity contribution >= 4 is 22.5 Å². The van der Waals surface area contributed by atoms with Gasteiger partial charge in [-0.15, -0.1) is 0 Å². The zero-order chi connectivity index (χ0) is 22.7. The molecule has 1 amide bonds. The number of pyridine rings is 2. The fourth-order valence-corrected chi connectivity index (χ4v) is 3.59. The number of nitrogens with one attached hydrogen (secondary N) is 1. The maximum atomic E-state index is 12.0. The van der Waals surface area contributed by atoms with E-state index in [0.29, 0.717) is 28.7 Å². The van der Waals surface area contributed by atoms with E-state index in [0.717, 1.165) is 22.4 Å². The highest BCUT2D eigenvalue weighted by Crippen LogP contribution is 2.31.